The highest BCUT2D eigenvalue weighted by Gasteiger charge is 2.19. The number of halogens is 1. The van der Waals surface area contributed by atoms with Crippen LogP contribution in [0.4, 0.5) is 4.39 Å². The number of nitrogens with zero attached hydrogens (tertiary/aromatic N) is 2. The van der Waals surface area contributed by atoms with Crippen LogP contribution >= 0.6 is 0 Å². The van der Waals surface area contributed by atoms with Gasteiger partial charge in [-0.1, -0.05) is 12.1 Å². The summed E-state index contributed by atoms with van der Waals surface area (Å²) in [4.78, 5) is 0. The topological polar surface area (TPSA) is 53.1 Å². The molecule has 20 heavy (non-hydrogen) atoms. The Bertz CT molecular complexity index is 622. The molecule has 2 aromatic rings. The van der Waals surface area contributed by atoms with E-state index in [0.717, 1.165) is 17.0 Å². The second-order valence-corrected chi connectivity index (χ2v) is 4.95. The van der Waals surface area contributed by atoms with E-state index in [1.165, 1.54) is 7.11 Å². The fourth-order valence-corrected chi connectivity index (χ4v) is 2.54. The van der Waals surface area contributed by atoms with E-state index in [2.05, 4.69) is 5.10 Å². The average Bonchev–Trinajstić information content (AvgIpc) is 2.65. The molecule has 1 heterocycles. The number of hydrogen-bond donors (Lipinski definition) is 1. The van der Waals surface area contributed by atoms with Crippen molar-refractivity contribution in [2.45, 2.75) is 26.3 Å². The lowest BCUT2D eigenvalue weighted by molar-refractivity contribution is 0.383. The van der Waals surface area contributed by atoms with Crippen molar-refractivity contribution in [1.29, 1.82) is 0 Å². The Kier molecular flexibility index (Phi) is 4.09. The average molecular weight is 277 g/mol. The SMILES string of the molecule is COc1cccc(CC(N)c2c(C)nn(C)c2C)c1F. The number of rotatable bonds is 4. The summed E-state index contributed by atoms with van der Waals surface area (Å²) in [5, 5.41) is 4.35. The number of aryl methyl sites for hydroxylation is 2. The molecule has 0 fully saturated rings. The molecule has 2 N–H and O–H groups in total. The quantitative estimate of drug-likeness (QED) is 0.933. The first-order valence-electron chi connectivity index (χ1n) is 6.52. The summed E-state index contributed by atoms with van der Waals surface area (Å²) in [6.07, 6.45) is 0.413. The molecule has 0 radical (unpaired) electrons. The van der Waals surface area contributed by atoms with E-state index < -0.39 is 0 Å². The third kappa shape index (κ3) is 2.54. The molecule has 108 valence electrons. The van der Waals surface area contributed by atoms with E-state index in [0.29, 0.717) is 12.0 Å². The zero-order valence-corrected chi connectivity index (χ0v) is 12.3. The van der Waals surface area contributed by atoms with Crippen molar-refractivity contribution in [2.75, 3.05) is 7.11 Å². The zero-order chi connectivity index (χ0) is 14.9. The number of nitrogens with two attached hydrogens (primary N) is 1. The molecule has 0 aliphatic heterocycles. The molecule has 2 rings (SSSR count). The molecule has 4 nitrogen and oxygen atoms in total. The predicted molar refractivity (Wildman–Crippen MR) is 76.3 cm³/mol. The summed E-state index contributed by atoms with van der Waals surface area (Å²) in [5.74, 6) is -0.0982. The molecule has 0 aliphatic carbocycles. The zero-order valence-electron chi connectivity index (χ0n) is 12.3. The van der Waals surface area contributed by atoms with Crippen molar-refractivity contribution in [3.05, 3.63) is 46.5 Å². The molecule has 0 saturated carbocycles. The van der Waals surface area contributed by atoms with E-state index >= 15 is 0 Å². The lowest BCUT2D eigenvalue weighted by Gasteiger charge is -2.14. The van der Waals surface area contributed by atoms with E-state index in [1.807, 2.05) is 20.9 Å². The van der Waals surface area contributed by atoms with Gasteiger partial charge < -0.3 is 10.5 Å². The third-order valence-electron chi connectivity index (χ3n) is 3.64. The number of benzene rings is 1. The molecule has 1 atom stereocenters. The maximum atomic E-state index is 14.2. The van der Waals surface area contributed by atoms with E-state index in [9.17, 15) is 4.39 Å². The van der Waals surface area contributed by atoms with Gasteiger partial charge in [-0.25, -0.2) is 4.39 Å². The summed E-state index contributed by atoms with van der Waals surface area (Å²) in [7, 11) is 3.34. The molecule has 0 bridgehead atoms. The standard InChI is InChI=1S/C15H20FN3O/c1-9-14(10(2)19(3)18-9)12(17)8-11-6-5-7-13(20-4)15(11)16/h5-7,12H,8,17H2,1-4H3. The Hall–Kier alpha value is -1.88. The smallest absolute Gasteiger partial charge is 0.168 e. The molecular formula is C15H20FN3O. The van der Waals surface area contributed by atoms with Gasteiger partial charge in [0, 0.05) is 24.3 Å². The highest BCUT2D eigenvalue weighted by molar-refractivity contribution is 5.34. The van der Waals surface area contributed by atoms with Crippen LogP contribution < -0.4 is 10.5 Å². The lowest BCUT2D eigenvalue weighted by atomic mass is 9.97. The monoisotopic (exact) mass is 277 g/mol. The summed E-state index contributed by atoms with van der Waals surface area (Å²) in [6, 6.07) is 4.82. The first-order valence-corrected chi connectivity index (χ1v) is 6.52. The van der Waals surface area contributed by atoms with Crippen LogP contribution in [-0.2, 0) is 13.5 Å². The van der Waals surface area contributed by atoms with E-state index in [-0.39, 0.29) is 17.6 Å². The Morgan fingerprint density at radius 3 is 2.65 bits per heavy atom. The lowest BCUT2D eigenvalue weighted by Crippen LogP contribution is -2.16. The van der Waals surface area contributed by atoms with Gasteiger partial charge in [-0.3, -0.25) is 4.68 Å². The minimum absolute atomic E-state index is 0.245. The van der Waals surface area contributed by atoms with Gasteiger partial charge in [0.2, 0.25) is 0 Å². The van der Waals surface area contributed by atoms with Gasteiger partial charge in [0.15, 0.2) is 11.6 Å². The molecule has 0 aliphatic rings. The molecule has 0 saturated heterocycles. The van der Waals surface area contributed by atoms with Crippen LogP contribution in [0.2, 0.25) is 0 Å². The molecule has 0 amide bonds. The van der Waals surface area contributed by atoms with Crippen LogP contribution in [0.3, 0.4) is 0 Å². The van der Waals surface area contributed by atoms with Gasteiger partial charge in [-0.2, -0.15) is 5.10 Å². The first kappa shape index (κ1) is 14.5. The molecule has 1 aromatic carbocycles. The van der Waals surface area contributed by atoms with Gasteiger partial charge in [-0.15, -0.1) is 0 Å². The minimum Gasteiger partial charge on any atom is -0.494 e. The molecule has 0 spiro atoms. The molecular weight excluding hydrogens is 257 g/mol. The normalized spacial score (nSPS) is 12.5. The number of ether oxygens (including phenoxy) is 1. The van der Waals surface area contributed by atoms with Crippen molar-refractivity contribution < 1.29 is 9.13 Å². The van der Waals surface area contributed by atoms with Crippen LogP contribution in [0.25, 0.3) is 0 Å². The van der Waals surface area contributed by atoms with Gasteiger partial charge in [0.25, 0.3) is 0 Å². The van der Waals surface area contributed by atoms with Crippen LogP contribution in [0.5, 0.6) is 5.75 Å². The van der Waals surface area contributed by atoms with Crippen LogP contribution in [0.15, 0.2) is 18.2 Å². The summed E-state index contributed by atoms with van der Waals surface area (Å²) >= 11 is 0. The maximum Gasteiger partial charge on any atom is 0.168 e. The summed E-state index contributed by atoms with van der Waals surface area (Å²) in [5.41, 5.74) is 9.68. The van der Waals surface area contributed by atoms with Gasteiger partial charge in [0.1, 0.15) is 0 Å². The summed E-state index contributed by atoms with van der Waals surface area (Å²) < 4.78 is 20.9. The van der Waals surface area contributed by atoms with Crippen LogP contribution in [0.1, 0.15) is 28.6 Å². The fourth-order valence-electron chi connectivity index (χ4n) is 2.54. The highest BCUT2D eigenvalue weighted by Crippen LogP contribution is 2.26. The third-order valence-corrected chi connectivity index (χ3v) is 3.64. The molecule has 5 heteroatoms. The fraction of sp³-hybridized carbons (Fsp3) is 0.400. The first-order chi connectivity index (χ1) is 9.45. The minimum atomic E-state index is -0.343. The Morgan fingerprint density at radius 2 is 2.10 bits per heavy atom. The van der Waals surface area contributed by atoms with E-state index in [1.54, 1.807) is 22.9 Å². The number of hydrogen-bond acceptors (Lipinski definition) is 3. The second kappa shape index (κ2) is 5.63. The second-order valence-electron chi connectivity index (χ2n) is 4.95. The predicted octanol–water partition coefficient (Wildman–Crippen LogP) is 2.43. The Labute approximate surface area is 118 Å². The van der Waals surface area contributed by atoms with Gasteiger partial charge >= 0.3 is 0 Å². The number of aromatic nitrogens is 2. The van der Waals surface area contributed by atoms with Gasteiger partial charge in [0.05, 0.1) is 12.8 Å². The number of methoxy groups -OCH3 is 1. The Morgan fingerprint density at radius 1 is 1.40 bits per heavy atom. The van der Waals surface area contributed by atoms with Gasteiger partial charge in [-0.05, 0) is 31.9 Å². The van der Waals surface area contributed by atoms with Crippen molar-refractivity contribution >= 4 is 0 Å². The molecule has 1 unspecified atom stereocenters. The van der Waals surface area contributed by atoms with Crippen LogP contribution in [0, 0.1) is 19.7 Å². The van der Waals surface area contributed by atoms with Crippen molar-refractivity contribution in [3.63, 3.8) is 0 Å². The highest BCUT2D eigenvalue weighted by atomic mass is 19.1. The summed E-state index contributed by atoms with van der Waals surface area (Å²) in [6.45, 7) is 3.89. The van der Waals surface area contributed by atoms with E-state index in [4.69, 9.17) is 10.5 Å². The molecule has 1 aromatic heterocycles. The van der Waals surface area contributed by atoms with Crippen molar-refractivity contribution in [3.8, 4) is 5.75 Å². The Balaban J connectivity index is 2.30. The van der Waals surface area contributed by atoms with Crippen LogP contribution in [-0.4, -0.2) is 16.9 Å². The largest absolute Gasteiger partial charge is 0.494 e. The van der Waals surface area contributed by atoms with Crippen molar-refractivity contribution in [2.24, 2.45) is 12.8 Å². The maximum absolute atomic E-state index is 14.2. The van der Waals surface area contributed by atoms with Crippen molar-refractivity contribution in [1.82, 2.24) is 9.78 Å².